The number of hydrogen-bond acceptors (Lipinski definition) is 3. The van der Waals surface area contributed by atoms with Crippen molar-refractivity contribution in [2.45, 2.75) is 50.8 Å². The summed E-state index contributed by atoms with van der Waals surface area (Å²) >= 11 is 6.14. The molecule has 0 radical (unpaired) electrons. The lowest BCUT2D eigenvalue weighted by atomic mass is 9.88. The van der Waals surface area contributed by atoms with Gasteiger partial charge in [-0.2, -0.15) is 26.3 Å². The van der Waals surface area contributed by atoms with E-state index in [-0.39, 0.29) is 44.9 Å². The zero-order chi connectivity index (χ0) is 26.6. The van der Waals surface area contributed by atoms with E-state index >= 15 is 0 Å². The van der Waals surface area contributed by atoms with Gasteiger partial charge in [0.15, 0.2) is 0 Å². The normalized spacial score (nSPS) is 14.7. The van der Waals surface area contributed by atoms with Crippen molar-refractivity contribution in [2.24, 2.45) is 0 Å². The Morgan fingerprint density at radius 2 is 1.58 bits per heavy atom. The third kappa shape index (κ3) is 4.54. The van der Waals surface area contributed by atoms with Gasteiger partial charge >= 0.3 is 18.0 Å². The molecule has 0 unspecified atom stereocenters. The molecule has 1 saturated carbocycles. The van der Waals surface area contributed by atoms with Crippen LogP contribution in [0.1, 0.15) is 39.9 Å². The fourth-order valence-corrected chi connectivity index (χ4v) is 4.08. The van der Waals surface area contributed by atoms with Gasteiger partial charge in [0.25, 0.3) is 5.91 Å². The molecule has 0 aliphatic heterocycles. The summed E-state index contributed by atoms with van der Waals surface area (Å²) in [6.45, 7) is 2.50. The number of nitrogens with one attached hydrogen (secondary N) is 1. The van der Waals surface area contributed by atoms with Crippen LogP contribution in [-0.4, -0.2) is 39.3 Å². The minimum Gasteiger partial charge on any atom is -0.349 e. The second-order valence-corrected chi connectivity index (χ2v) is 9.01. The standard InChI is InChI=1S/C23H18ClF7N4O/c1-11-7-13(21(25,22(26,27)28)23(29,30)31)8-12(2)19(11)18-10-35(34-33-18)15-5-6-17(24)16(9-15)20(36)32-14-3-4-14/h5-10,14H,3-4H2,1-2H3,(H,32,36). The number of amides is 1. The maximum Gasteiger partial charge on any atom is 0.435 e. The van der Waals surface area contributed by atoms with E-state index in [9.17, 15) is 35.5 Å². The lowest BCUT2D eigenvalue weighted by molar-refractivity contribution is -0.348. The maximum absolute atomic E-state index is 14.6. The Hall–Kier alpha value is -3.15. The Bertz CT molecular complexity index is 1290. The van der Waals surface area contributed by atoms with E-state index in [0.717, 1.165) is 12.8 Å². The van der Waals surface area contributed by atoms with Gasteiger partial charge in [-0.05, 0) is 56.0 Å². The fraction of sp³-hybridized carbons (Fsp3) is 0.348. The number of carbonyl (C=O) groups excluding carboxylic acids is 1. The molecule has 0 saturated heterocycles. The Kier molecular flexibility index (Phi) is 6.30. The van der Waals surface area contributed by atoms with Crippen LogP contribution >= 0.6 is 11.6 Å². The summed E-state index contributed by atoms with van der Waals surface area (Å²) in [6.07, 6.45) is -9.29. The molecule has 5 nitrogen and oxygen atoms in total. The number of rotatable bonds is 5. The van der Waals surface area contributed by atoms with E-state index in [0.29, 0.717) is 17.8 Å². The van der Waals surface area contributed by atoms with E-state index in [1.807, 2.05) is 0 Å². The number of aryl methyl sites for hydroxylation is 2. The number of halogens is 8. The highest BCUT2D eigenvalue weighted by molar-refractivity contribution is 6.33. The molecule has 1 N–H and O–H groups in total. The zero-order valence-electron chi connectivity index (χ0n) is 18.7. The largest absolute Gasteiger partial charge is 0.435 e. The maximum atomic E-state index is 14.6. The third-order valence-electron chi connectivity index (χ3n) is 5.83. The van der Waals surface area contributed by atoms with Crippen molar-refractivity contribution in [3.63, 3.8) is 0 Å². The smallest absolute Gasteiger partial charge is 0.349 e. The summed E-state index contributed by atoms with van der Waals surface area (Å²) in [5, 5.41) is 11.0. The van der Waals surface area contributed by atoms with Gasteiger partial charge in [-0.3, -0.25) is 4.79 Å². The van der Waals surface area contributed by atoms with Crippen molar-refractivity contribution in [3.8, 4) is 16.9 Å². The second-order valence-electron chi connectivity index (χ2n) is 8.60. The third-order valence-corrected chi connectivity index (χ3v) is 6.16. The summed E-state index contributed by atoms with van der Waals surface area (Å²) in [6, 6.07) is 5.63. The molecule has 36 heavy (non-hydrogen) atoms. The van der Waals surface area contributed by atoms with Gasteiger partial charge in [-0.25, -0.2) is 9.07 Å². The fourth-order valence-electron chi connectivity index (χ4n) is 3.88. The lowest BCUT2D eigenvalue weighted by Gasteiger charge is -2.31. The summed E-state index contributed by atoms with van der Waals surface area (Å²) in [5.41, 5.74) is -6.32. The SMILES string of the molecule is Cc1cc(C(F)(C(F)(F)F)C(F)(F)F)cc(C)c1-c1cn(-c2ccc(Cl)c(C(=O)NC3CC3)c2)nn1. The van der Waals surface area contributed by atoms with Crippen LogP contribution < -0.4 is 5.32 Å². The number of hydrogen-bond donors (Lipinski definition) is 1. The molecule has 1 aromatic heterocycles. The lowest BCUT2D eigenvalue weighted by Crippen LogP contribution is -2.50. The average molecular weight is 535 g/mol. The highest BCUT2D eigenvalue weighted by Crippen LogP contribution is 2.53. The van der Waals surface area contributed by atoms with Crippen molar-refractivity contribution < 1.29 is 35.5 Å². The molecule has 1 amide bonds. The van der Waals surface area contributed by atoms with Crippen LogP contribution in [0.3, 0.4) is 0 Å². The first-order valence-corrected chi connectivity index (χ1v) is 11.0. The molecule has 192 valence electrons. The topological polar surface area (TPSA) is 59.8 Å². The first-order valence-electron chi connectivity index (χ1n) is 10.6. The summed E-state index contributed by atoms with van der Waals surface area (Å²) < 4.78 is 95.0. The molecule has 13 heteroatoms. The van der Waals surface area contributed by atoms with Gasteiger partial charge in [0, 0.05) is 17.2 Å². The van der Waals surface area contributed by atoms with Crippen LogP contribution in [0, 0.1) is 13.8 Å². The van der Waals surface area contributed by atoms with Crippen LogP contribution in [0.2, 0.25) is 5.02 Å². The molecule has 1 heterocycles. The minimum absolute atomic E-state index is 0.0619. The van der Waals surface area contributed by atoms with Crippen LogP contribution in [0.15, 0.2) is 36.5 Å². The van der Waals surface area contributed by atoms with Gasteiger partial charge in [0.2, 0.25) is 0 Å². The number of alkyl halides is 7. The van der Waals surface area contributed by atoms with Crippen molar-refractivity contribution in [1.29, 1.82) is 0 Å². The predicted octanol–water partition coefficient (Wildman–Crippen LogP) is 6.39. The quantitative estimate of drug-likeness (QED) is 0.386. The second kappa shape index (κ2) is 8.75. The van der Waals surface area contributed by atoms with Crippen LogP contribution in [-0.2, 0) is 5.67 Å². The van der Waals surface area contributed by atoms with Crippen molar-refractivity contribution in [1.82, 2.24) is 20.3 Å². The first-order chi connectivity index (χ1) is 16.6. The van der Waals surface area contributed by atoms with Gasteiger partial charge < -0.3 is 5.32 Å². The molecule has 0 bridgehead atoms. The van der Waals surface area contributed by atoms with E-state index in [1.165, 1.54) is 36.9 Å². The summed E-state index contributed by atoms with van der Waals surface area (Å²) in [4.78, 5) is 12.4. The van der Waals surface area contributed by atoms with Crippen molar-refractivity contribution >= 4 is 17.5 Å². The number of nitrogens with zero attached hydrogens (tertiary/aromatic N) is 3. The summed E-state index contributed by atoms with van der Waals surface area (Å²) in [7, 11) is 0. The Labute approximate surface area is 205 Å². The molecule has 0 atom stereocenters. The van der Waals surface area contributed by atoms with Crippen molar-refractivity contribution in [3.05, 3.63) is 63.8 Å². The minimum atomic E-state index is -6.22. The molecule has 2 aromatic carbocycles. The molecule has 1 fully saturated rings. The van der Waals surface area contributed by atoms with E-state index in [4.69, 9.17) is 11.6 Å². The van der Waals surface area contributed by atoms with Gasteiger partial charge in [0.05, 0.1) is 22.5 Å². The Morgan fingerprint density at radius 3 is 2.11 bits per heavy atom. The van der Waals surface area contributed by atoms with Crippen LogP contribution in [0.5, 0.6) is 0 Å². The molecule has 1 aliphatic rings. The van der Waals surface area contributed by atoms with Gasteiger partial charge in [-0.1, -0.05) is 28.9 Å². The van der Waals surface area contributed by atoms with Crippen LogP contribution in [0.4, 0.5) is 30.7 Å². The Morgan fingerprint density at radius 1 is 1.00 bits per heavy atom. The molecule has 0 spiro atoms. The predicted molar refractivity (Wildman–Crippen MR) is 117 cm³/mol. The Balaban J connectivity index is 1.71. The molecular weight excluding hydrogens is 517 g/mol. The van der Waals surface area contributed by atoms with E-state index in [2.05, 4.69) is 15.6 Å². The number of benzene rings is 2. The van der Waals surface area contributed by atoms with Gasteiger partial charge in [0.1, 0.15) is 5.69 Å². The summed E-state index contributed by atoms with van der Waals surface area (Å²) in [5.74, 6) is -0.365. The highest BCUT2D eigenvalue weighted by Gasteiger charge is 2.73. The number of aromatic nitrogens is 3. The van der Waals surface area contributed by atoms with Crippen molar-refractivity contribution in [2.75, 3.05) is 0 Å². The molecule has 4 rings (SSSR count). The monoisotopic (exact) mass is 534 g/mol. The van der Waals surface area contributed by atoms with Crippen LogP contribution in [0.25, 0.3) is 16.9 Å². The average Bonchev–Trinajstić information content (AvgIpc) is 3.44. The highest BCUT2D eigenvalue weighted by atomic mass is 35.5. The number of carbonyl (C=O) groups is 1. The van der Waals surface area contributed by atoms with E-state index in [1.54, 1.807) is 6.07 Å². The zero-order valence-corrected chi connectivity index (χ0v) is 19.5. The first kappa shape index (κ1) is 25.9. The molecule has 1 aliphatic carbocycles. The van der Waals surface area contributed by atoms with E-state index < -0.39 is 23.6 Å². The van der Waals surface area contributed by atoms with Gasteiger partial charge in [-0.15, -0.1) is 5.10 Å². The molecular formula is C23H18ClF7N4O. The molecule has 3 aromatic rings.